The van der Waals surface area contributed by atoms with Gasteiger partial charge in [-0.3, -0.25) is 0 Å². The van der Waals surface area contributed by atoms with Crippen molar-refractivity contribution in [2.75, 3.05) is 11.9 Å². The minimum absolute atomic E-state index is 0.338. The number of nitrogens with one attached hydrogen (secondary N) is 1. The molecule has 4 nitrogen and oxygen atoms in total. The molecule has 0 spiro atoms. The van der Waals surface area contributed by atoms with E-state index in [2.05, 4.69) is 48.2 Å². The molecule has 0 amide bonds. The van der Waals surface area contributed by atoms with Crippen LogP contribution < -0.4 is 5.32 Å². The maximum absolute atomic E-state index is 8.96. The SMILES string of the molecule is Cc1cc(C)c(CCNc2nccnc2C#N)c(C)c1. The zero-order valence-corrected chi connectivity index (χ0v) is 12.1. The van der Waals surface area contributed by atoms with E-state index in [4.69, 9.17) is 5.26 Å². The van der Waals surface area contributed by atoms with Crippen LogP contribution in [0.1, 0.15) is 27.9 Å². The molecule has 1 aromatic heterocycles. The quantitative estimate of drug-likeness (QED) is 0.924. The van der Waals surface area contributed by atoms with Gasteiger partial charge in [0, 0.05) is 18.9 Å². The third-order valence-corrected chi connectivity index (χ3v) is 3.31. The molecular weight excluding hydrogens is 248 g/mol. The lowest BCUT2D eigenvalue weighted by Crippen LogP contribution is -2.10. The first-order valence-corrected chi connectivity index (χ1v) is 6.63. The lowest BCUT2D eigenvalue weighted by atomic mass is 9.97. The first-order chi connectivity index (χ1) is 9.61. The van der Waals surface area contributed by atoms with Crippen LogP contribution in [0.5, 0.6) is 0 Å². The van der Waals surface area contributed by atoms with Gasteiger partial charge in [-0.15, -0.1) is 0 Å². The topological polar surface area (TPSA) is 61.6 Å². The second-order valence-electron chi connectivity index (χ2n) is 4.92. The highest BCUT2D eigenvalue weighted by Crippen LogP contribution is 2.17. The number of hydrogen-bond donors (Lipinski definition) is 1. The van der Waals surface area contributed by atoms with Crippen molar-refractivity contribution in [1.29, 1.82) is 5.26 Å². The largest absolute Gasteiger partial charge is 0.367 e. The van der Waals surface area contributed by atoms with Crippen LogP contribution in [0.4, 0.5) is 5.82 Å². The lowest BCUT2D eigenvalue weighted by Gasteiger charge is -2.12. The van der Waals surface area contributed by atoms with Crippen LogP contribution in [0.25, 0.3) is 0 Å². The number of benzene rings is 1. The summed E-state index contributed by atoms with van der Waals surface area (Å²) in [6.07, 6.45) is 4.02. The van der Waals surface area contributed by atoms with Crippen molar-refractivity contribution in [3.05, 3.63) is 52.5 Å². The third-order valence-electron chi connectivity index (χ3n) is 3.31. The van der Waals surface area contributed by atoms with Crippen molar-refractivity contribution in [3.8, 4) is 6.07 Å². The van der Waals surface area contributed by atoms with Crippen LogP contribution in [0.15, 0.2) is 24.5 Å². The van der Waals surface area contributed by atoms with Gasteiger partial charge in [0.15, 0.2) is 11.5 Å². The molecule has 102 valence electrons. The van der Waals surface area contributed by atoms with Gasteiger partial charge in [-0.2, -0.15) is 5.26 Å². The van der Waals surface area contributed by atoms with Gasteiger partial charge in [-0.25, -0.2) is 9.97 Å². The average Bonchev–Trinajstić information content (AvgIpc) is 2.42. The standard InChI is InChI=1S/C16H18N4/c1-11-8-12(2)14(13(3)9-11)4-5-19-16-15(10-17)18-6-7-20-16/h6-9H,4-5H2,1-3H3,(H,19,20). The maximum atomic E-state index is 8.96. The highest BCUT2D eigenvalue weighted by Gasteiger charge is 2.06. The molecule has 0 atom stereocenters. The number of aryl methyl sites for hydroxylation is 3. The van der Waals surface area contributed by atoms with Gasteiger partial charge in [-0.1, -0.05) is 17.7 Å². The predicted molar refractivity (Wildman–Crippen MR) is 79.6 cm³/mol. The first-order valence-electron chi connectivity index (χ1n) is 6.63. The summed E-state index contributed by atoms with van der Waals surface area (Å²) in [5.74, 6) is 0.553. The summed E-state index contributed by atoms with van der Waals surface area (Å²) in [5.41, 5.74) is 5.60. The van der Waals surface area contributed by atoms with Gasteiger partial charge < -0.3 is 5.32 Å². The summed E-state index contributed by atoms with van der Waals surface area (Å²) < 4.78 is 0. The molecule has 0 aliphatic rings. The number of aromatic nitrogens is 2. The predicted octanol–water partition coefficient (Wildman–Crippen LogP) is 2.93. The Labute approximate surface area is 119 Å². The normalized spacial score (nSPS) is 10.1. The summed E-state index contributed by atoms with van der Waals surface area (Å²) in [5, 5.41) is 12.1. The van der Waals surface area contributed by atoms with Crippen LogP contribution in [0.3, 0.4) is 0 Å². The number of nitriles is 1. The first kappa shape index (κ1) is 14.0. The van der Waals surface area contributed by atoms with Crippen molar-refractivity contribution in [1.82, 2.24) is 9.97 Å². The zero-order chi connectivity index (χ0) is 14.5. The van der Waals surface area contributed by atoms with E-state index in [-0.39, 0.29) is 0 Å². The molecule has 1 heterocycles. The van der Waals surface area contributed by atoms with Crippen molar-refractivity contribution in [3.63, 3.8) is 0 Å². The van der Waals surface area contributed by atoms with E-state index in [1.54, 1.807) is 6.20 Å². The molecule has 2 aromatic rings. The van der Waals surface area contributed by atoms with E-state index in [0.717, 1.165) is 13.0 Å². The number of hydrogen-bond acceptors (Lipinski definition) is 4. The smallest absolute Gasteiger partial charge is 0.182 e. The molecule has 2 rings (SSSR count). The molecule has 0 radical (unpaired) electrons. The van der Waals surface area contributed by atoms with Gasteiger partial charge in [-0.05, 0) is 43.9 Å². The summed E-state index contributed by atoms with van der Waals surface area (Å²) in [6.45, 7) is 7.12. The van der Waals surface area contributed by atoms with Crippen LogP contribution in [0, 0.1) is 32.1 Å². The number of nitrogens with zero attached hydrogens (tertiary/aromatic N) is 3. The molecular formula is C16H18N4. The monoisotopic (exact) mass is 266 g/mol. The maximum Gasteiger partial charge on any atom is 0.182 e. The third kappa shape index (κ3) is 3.12. The number of anilines is 1. The zero-order valence-electron chi connectivity index (χ0n) is 12.1. The Balaban J connectivity index is 2.06. The highest BCUT2D eigenvalue weighted by atomic mass is 15.0. The fourth-order valence-corrected chi connectivity index (χ4v) is 2.46. The average molecular weight is 266 g/mol. The summed E-state index contributed by atoms with van der Waals surface area (Å²) in [7, 11) is 0. The molecule has 0 aliphatic heterocycles. The summed E-state index contributed by atoms with van der Waals surface area (Å²) >= 11 is 0. The van der Waals surface area contributed by atoms with Gasteiger partial charge >= 0.3 is 0 Å². The van der Waals surface area contributed by atoms with Crippen molar-refractivity contribution < 1.29 is 0 Å². The highest BCUT2D eigenvalue weighted by molar-refractivity contribution is 5.47. The van der Waals surface area contributed by atoms with Gasteiger partial charge in [0.25, 0.3) is 0 Å². The Morgan fingerprint density at radius 1 is 1.10 bits per heavy atom. The summed E-state index contributed by atoms with van der Waals surface area (Å²) in [4.78, 5) is 8.13. The Morgan fingerprint density at radius 3 is 2.40 bits per heavy atom. The van der Waals surface area contributed by atoms with Crippen LogP contribution >= 0.6 is 0 Å². The van der Waals surface area contributed by atoms with Crippen LogP contribution in [0.2, 0.25) is 0 Å². The van der Waals surface area contributed by atoms with E-state index in [1.807, 2.05) is 6.07 Å². The molecule has 0 unspecified atom stereocenters. The molecule has 0 bridgehead atoms. The Kier molecular flexibility index (Phi) is 4.31. The molecule has 0 saturated heterocycles. The molecule has 0 fully saturated rings. The van der Waals surface area contributed by atoms with Gasteiger partial charge in [0.1, 0.15) is 6.07 Å². The van der Waals surface area contributed by atoms with E-state index in [1.165, 1.54) is 28.5 Å². The Bertz CT molecular complexity index is 633. The molecule has 20 heavy (non-hydrogen) atoms. The van der Waals surface area contributed by atoms with E-state index < -0.39 is 0 Å². The molecule has 0 aliphatic carbocycles. The van der Waals surface area contributed by atoms with Crippen LogP contribution in [-0.2, 0) is 6.42 Å². The second kappa shape index (κ2) is 6.16. The fourth-order valence-electron chi connectivity index (χ4n) is 2.46. The lowest BCUT2D eigenvalue weighted by molar-refractivity contribution is 0.970. The summed E-state index contributed by atoms with van der Waals surface area (Å²) in [6, 6.07) is 6.44. The van der Waals surface area contributed by atoms with E-state index >= 15 is 0 Å². The molecule has 4 heteroatoms. The second-order valence-corrected chi connectivity index (χ2v) is 4.92. The van der Waals surface area contributed by atoms with Crippen molar-refractivity contribution in [2.45, 2.75) is 27.2 Å². The minimum atomic E-state index is 0.338. The molecule has 0 saturated carbocycles. The molecule has 1 aromatic carbocycles. The van der Waals surface area contributed by atoms with E-state index in [0.29, 0.717) is 11.5 Å². The number of rotatable bonds is 4. The minimum Gasteiger partial charge on any atom is -0.367 e. The van der Waals surface area contributed by atoms with Crippen LogP contribution in [-0.4, -0.2) is 16.5 Å². The van der Waals surface area contributed by atoms with Crippen molar-refractivity contribution in [2.24, 2.45) is 0 Å². The fraction of sp³-hybridized carbons (Fsp3) is 0.312. The van der Waals surface area contributed by atoms with Gasteiger partial charge in [0.2, 0.25) is 0 Å². The van der Waals surface area contributed by atoms with E-state index in [9.17, 15) is 0 Å². The Morgan fingerprint density at radius 2 is 1.75 bits per heavy atom. The van der Waals surface area contributed by atoms with Gasteiger partial charge in [0.05, 0.1) is 0 Å². The Hall–Kier alpha value is -2.41. The van der Waals surface area contributed by atoms with Crippen molar-refractivity contribution >= 4 is 5.82 Å². The molecule has 1 N–H and O–H groups in total.